The first-order valence-electron chi connectivity index (χ1n) is 5.11. The maximum absolute atomic E-state index is 6.08. The van der Waals surface area contributed by atoms with Crippen LogP contribution in [-0.2, 0) is 0 Å². The lowest BCUT2D eigenvalue weighted by Crippen LogP contribution is -2.02. The Kier molecular flexibility index (Phi) is 3.83. The Morgan fingerprint density at radius 2 is 0.850 bits per heavy atom. The van der Waals surface area contributed by atoms with Gasteiger partial charge in [-0.05, 0) is 12.1 Å². The van der Waals surface area contributed by atoms with Gasteiger partial charge in [-0.25, -0.2) is 0 Å². The van der Waals surface area contributed by atoms with Crippen LogP contribution in [0.4, 0.5) is 0 Å². The van der Waals surface area contributed by atoms with Crippen LogP contribution in [0.15, 0.2) is 12.1 Å². The van der Waals surface area contributed by atoms with Gasteiger partial charge in [-0.1, -0.05) is 69.6 Å². The van der Waals surface area contributed by atoms with Crippen LogP contribution in [0, 0.1) is 0 Å². The smallest absolute Gasteiger partial charge is 0.191 e. The molecule has 2 nitrogen and oxygen atoms in total. The minimum Gasteiger partial charge on any atom is -0.446 e. The molecule has 2 aromatic rings. The minimum atomic E-state index is 0.156. The lowest BCUT2D eigenvalue weighted by Gasteiger charge is -2.24. The first kappa shape index (κ1) is 14.7. The van der Waals surface area contributed by atoms with Gasteiger partial charge in [-0.15, -0.1) is 0 Å². The van der Waals surface area contributed by atoms with E-state index >= 15 is 0 Å². The first-order valence-corrected chi connectivity index (χ1v) is 7.37. The van der Waals surface area contributed by atoms with Crippen molar-refractivity contribution in [3.8, 4) is 23.0 Å². The van der Waals surface area contributed by atoms with Crippen molar-refractivity contribution in [2.24, 2.45) is 0 Å². The predicted octanol–water partition coefficient (Wildman–Crippen LogP) is 7.50. The van der Waals surface area contributed by atoms with Crippen LogP contribution in [0.3, 0.4) is 0 Å². The van der Waals surface area contributed by atoms with Crippen LogP contribution in [0.2, 0.25) is 30.1 Å². The van der Waals surface area contributed by atoms with E-state index in [1.807, 2.05) is 0 Å². The van der Waals surface area contributed by atoms with E-state index in [0.29, 0.717) is 0 Å². The van der Waals surface area contributed by atoms with E-state index in [4.69, 9.17) is 79.1 Å². The number of hydrogen-bond acceptors (Lipinski definition) is 2. The maximum Gasteiger partial charge on any atom is 0.191 e. The topological polar surface area (TPSA) is 18.5 Å². The molecule has 8 heteroatoms. The lowest BCUT2D eigenvalue weighted by molar-refractivity contribution is 0.360. The van der Waals surface area contributed by atoms with Crippen LogP contribution in [-0.4, -0.2) is 0 Å². The third kappa shape index (κ3) is 2.19. The number of rotatable bonds is 0. The molecule has 0 aliphatic carbocycles. The second kappa shape index (κ2) is 5.20. The highest BCUT2D eigenvalue weighted by molar-refractivity contribution is 6.46. The second-order valence-electron chi connectivity index (χ2n) is 3.83. The molecular weight excluding hydrogens is 389 g/mol. The van der Waals surface area contributed by atoms with Gasteiger partial charge in [-0.2, -0.15) is 0 Å². The van der Waals surface area contributed by atoms with Crippen molar-refractivity contribution in [2.75, 3.05) is 0 Å². The molecule has 20 heavy (non-hydrogen) atoms. The number of hydrogen-bond donors (Lipinski definition) is 0. The monoisotopic (exact) mass is 388 g/mol. The van der Waals surface area contributed by atoms with Crippen molar-refractivity contribution in [1.82, 2.24) is 0 Å². The van der Waals surface area contributed by atoms with Crippen molar-refractivity contribution >= 4 is 69.6 Å². The van der Waals surface area contributed by atoms with E-state index in [9.17, 15) is 0 Å². The highest BCUT2D eigenvalue weighted by Gasteiger charge is 2.30. The largest absolute Gasteiger partial charge is 0.446 e. The molecule has 2 aromatic carbocycles. The fourth-order valence-electron chi connectivity index (χ4n) is 1.69. The Labute approximate surface area is 144 Å². The van der Waals surface area contributed by atoms with E-state index in [1.54, 1.807) is 0 Å². The van der Waals surface area contributed by atoms with Gasteiger partial charge in [0.1, 0.15) is 10.0 Å². The van der Waals surface area contributed by atoms with Gasteiger partial charge in [-0.3, -0.25) is 0 Å². The van der Waals surface area contributed by atoms with E-state index < -0.39 is 0 Å². The zero-order chi connectivity index (χ0) is 14.6. The minimum absolute atomic E-state index is 0.156. The molecule has 0 amide bonds. The molecular formula is C12H2Cl6O2. The summed E-state index contributed by atoms with van der Waals surface area (Å²) in [6.07, 6.45) is 0. The van der Waals surface area contributed by atoms with Crippen LogP contribution in [0.25, 0.3) is 0 Å². The molecule has 0 fully saturated rings. The van der Waals surface area contributed by atoms with Gasteiger partial charge in [0, 0.05) is 0 Å². The van der Waals surface area contributed by atoms with Crippen molar-refractivity contribution in [3.05, 3.63) is 42.3 Å². The van der Waals surface area contributed by atoms with Gasteiger partial charge in [0.15, 0.2) is 23.0 Å². The van der Waals surface area contributed by atoms with Crippen molar-refractivity contribution in [1.29, 1.82) is 0 Å². The van der Waals surface area contributed by atoms with Crippen molar-refractivity contribution < 1.29 is 9.47 Å². The molecule has 0 radical (unpaired) electrons. The molecule has 104 valence electrons. The number of benzene rings is 2. The number of ether oxygens (including phenoxy) is 2. The third-order valence-corrected chi connectivity index (χ3v) is 4.68. The Balaban J connectivity index is 2.27. The molecule has 0 bridgehead atoms. The highest BCUT2D eigenvalue weighted by Crippen LogP contribution is 2.58. The summed E-state index contributed by atoms with van der Waals surface area (Å²) >= 11 is 36.2. The average molecular weight is 391 g/mol. The highest BCUT2D eigenvalue weighted by atomic mass is 35.5. The second-order valence-corrected chi connectivity index (χ2v) is 6.21. The Morgan fingerprint density at radius 3 is 1.25 bits per heavy atom. The van der Waals surface area contributed by atoms with Crippen LogP contribution >= 0.6 is 69.6 Å². The Morgan fingerprint density at radius 1 is 0.500 bits per heavy atom. The van der Waals surface area contributed by atoms with Crippen LogP contribution < -0.4 is 9.47 Å². The van der Waals surface area contributed by atoms with Gasteiger partial charge < -0.3 is 9.47 Å². The Bertz CT molecular complexity index is 682. The fourth-order valence-corrected chi connectivity index (χ4v) is 3.02. The van der Waals surface area contributed by atoms with E-state index in [-0.39, 0.29) is 53.1 Å². The summed E-state index contributed by atoms with van der Waals surface area (Å²) in [5.74, 6) is 0.761. The predicted molar refractivity (Wildman–Crippen MR) is 83.1 cm³/mol. The fraction of sp³-hybridized carbons (Fsp3) is 0. The van der Waals surface area contributed by atoms with Crippen LogP contribution in [0.1, 0.15) is 0 Å². The summed E-state index contributed by atoms with van der Waals surface area (Å²) in [6.45, 7) is 0. The summed E-state index contributed by atoms with van der Waals surface area (Å²) in [4.78, 5) is 0. The lowest BCUT2D eigenvalue weighted by atomic mass is 10.2. The van der Waals surface area contributed by atoms with E-state index in [2.05, 4.69) is 0 Å². The van der Waals surface area contributed by atoms with E-state index in [1.165, 1.54) is 12.1 Å². The van der Waals surface area contributed by atoms with Crippen LogP contribution in [0.5, 0.6) is 23.0 Å². The molecule has 0 unspecified atom stereocenters. The van der Waals surface area contributed by atoms with Crippen molar-refractivity contribution in [3.63, 3.8) is 0 Å². The summed E-state index contributed by atoms with van der Waals surface area (Å²) in [6, 6.07) is 2.90. The number of halogens is 6. The standard InChI is InChI=1S/C12H2Cl6O2/c13-3-1-5(15)9-11(7(3)17)20-12-8(18)4(14)2-6(16)10(12)19-9/h1-2H. The summed E-state index contributed by atoms with van der Waals surface area (Å²) in [5.41, 5.74) is 0. The SMILES string of the molecule is Clc1cc(Cl)c2c(c1Cl)Oc1c(Cl)c(Cl)cc(Cl)c1O2. The van der Waals surface area contributed by atoms with Gasteiger partial charge in [0.2, 0.25) is 0 Å². The van der Waals surface area contributed by atoms with Crippen molar-refractivity contribution in [2.45, 2.75) is 0 Å². The number of fused-ring (bicyclic) bond motifs is 2. The van der Waals surface area contributed by atoms with Gasteiger partial charge >= 0.3 is 0 Å². The maximum atomic E-state index is 6.08. The van der Waals surface area contributed by atoms with Gasteiger partial charge in [0.05, 0.1) is 20.1 Å². The third-order valence-electron chi connectivity index (χ3n) is 2.58. The summed E-state index contributed by atoms with van der Waals surface area (Å²) in [5, 5.41) is 1.25. The summed E-state index contributed by atoms with van der Waals surface area (Å²) in [7, 11) is 0. The zero-order valence-electron chi connectivity index (χ0n) is 9.24. The molecule has 0 N–H and O–H groups in total. The average Bonchev–Trinajstić information content (AvgIpc) is 2.41. The molecule has 1 heterocycles. The van der Waals surface area contributed by atoms with E-state index in [0.717, 1.165) is 0 Å². The summed E-state index contributed by atoms with van der Waals surface area (Å²) < 4.78 is 11.3. The molecule has 0 spiro atoms. The molecule has 3 rings (SSSR count). The Hall–Kier alpha value is -0.220. The normalized spacial score (nSPS) is 12.3. The molecule has 0 aromatic heterocycles. The molecule has 1 aliphatic heterocycles. The first-order chi connectivity index (χ1) is 9.40. The molecule has 0 saturated heterocycles. The quantitative estimate of drug-likeness (QED) is 0.370. The zero-order valence-corrected chi connectivity index (χ0v) is 13.8. The molecule has 0 atom stereocenters. The molecule has 1 aliphatic rings. The van der Waals surface area contributed by atoms with Gasteiger partial charge in [0.25, 0.3) is 0 Å². The molecule has 0 saturated carbocycles.